The van der Waals surface area contributed by atoms with Crippen LogP contribution in [0, 0.1) is 5.92 Å². The van der Waals surface area contributed by atoms with Gasteiger partial charge in [0.2, 0.25) is 5.91 Å². The minimum Gasteiger partial charge on any atom is -0.369 e. The first kappa shape index (κ1) is 21.8. The molecule has 34 heavy (non-hydrogen) atoms. The van der Waals surface area contributed by atoms with Gasteiger partial charge in [0, 0.05) is 19.3 Å². The van der Waals surface area contributed by atoms with E-state index in [-0.39, 0.29) is 17.7 Å². The van der Waals surface area contributed by atoms with Gasteiger partial charge >= 0.3 is 0 Å². The number of nitrogens with two attached hydrogens (primary N) is 1. The fourth-order valence-electron chi connectivity index (χ4n) is 4.11. The van der Waals surface area contributed by atoms with Gasteiger partial charge in [-0.1, -0.05) is 24.3 Å². The topological polar surface area (TPSA) is 106 Å². The van der Waals surface area contributed by atoms with Crippen LogP contribution in [0.25, 0.3) is 16.3 Å². The van der Waals surface area contributed by atoms with Crippen molar-refractivity contribution in [1.29, 1.82) is 0 Å². The second-order valence-corrected chi connectivity index (χ2v) is 9.14. The van der Waals surface area contributed by atoms with Gasteiger partial charge in [-0.2, -0.15) is 5.10 Å². The number of piperidine rings is 1. The molecule has 9 heteroatoms. The standard InChI is InChI=1S/C25H24N6O2S/c26-24(32)17-6-4-12-30(15-17)22-11-10-18(14-27-22)28-25(33)20-16-31(19-7-2-1-3-8-19)29-23(20)21-9-5-13-34-21/h1-3,5,7-11,13-14,16-17H,4,6,12,15H2,(H2,26,32)(H,28,33). The number of hydrogen-bond acceptors (Lipinski definition) is 6. The van der Waals surface area contributed by atoms with Crippen LogP contribution in [0.5, 0.6) is 0 Å². The summed E-state index contributed by atoms with van der Waals surface area (Å²) in [5, 5.41) is 9.59. The Bertz CT molecular complexity index is 1280. The van der Waals surface area contributed by atoms with Crippen molar-refractivity contribution in [3.05, 3.63) is 77.9 Å². The lowest BCUT2D eigenvalue weighted by Gasteiger charge is -2.32. The number of nitrogens with zero attached hydrogens (tertiary/aromatic N) is 4. The Morgan fingerprint density at radius 3 is 2.65 bits per heavy atom. The average Bonchev–Trinajstić information content (AvgIpc) is 3.55. The van der Waals surface area contributed by atoms with Gasteiger partial charge in [0.15, 0.2) is 0 Å². The molecule has 2 amide bonds. The highest BCUT2D eigenvalue weighted by molar-refractivity contribution is 7.13. The van der Waals surface area contributed by atoms with E-state index in [0.717, 1.165) is 35.8 Å². The van der Waals surface area contributed by atoms with Gasteiger partial charge in [-0.25, -0.2) is 9.67 Å². The summed E-state index contributed by atoms with van der Waals surface area (Å²) >= 11 is 1.54. The lowest BCUT2D eigenvalue weighted by atomic mass is 9.97. The van der Waals surface area contributed by atoms with E-state index in [9.17, 15) is 9.59 Å². The van der Waals surface area contributed by atoms with E-state index >= 15 is 0 Å². The predicted octanol–water partition coefficient (Wildman–Crippen LogP) is 3.95. The number of primary amides is 1. The van der Waals surface area contributed by atoms with Crippen LogP contribution in [0.2, 0.25) is 0 Å². The van der Waals surface area contributed by atoms with Crippen molar-refractivity contribution in [3.63, 3.8) is 0 Å². The van der Waals surface area contributed by atoms with Crippen LogP contribution in [0.1, 0.15) is 23.2 Å². The van der Waals surface area contributed by atoms with Crippen LogP contribution in [-0.4, -0.2) is 39.7 Å². The molecule has 1 saturated heterocycles. The molecule has 1 aliphatic rings. The van der Waals surface area contributed by atoms with E-state index in [1.54, 1.807) is 17.1 Å². The monoisotopic (exact) mass is 472 g/mol. The minimum absolute atomic E-state index is 0.160. The third-order valence-electron chi connectivity index (χ3n) is 5.89. The lowest BCUT2D eigenvalue weighted by molar-refractivity contribution is -0.122. The van der Waals surface area contributed by atoms with Crippen molar-refractivity contribution in [2.24, 2.45) is 11.7 Å². The number of anilines is 2. The predicted molar refractivity (Wildman–Crippen MR) is 133 cm³/mol. The number of benzene rings is 1. The van der Waals surface area contributed by atoms with E-state index in [1.807, 2.05) is 60.0 Å². The first-order valence-electron chi connectivity index (χ1n) is 11.1. The van der Waals surface area contributed by atoms with Crippen molar-refractivity contribution in [2.75, 3.05) is 23.3 Å². The smallest absolute Gasteiger partial charge is 0.259 e. The van der Waals surface area contributed by atoms with Gasteiger partial charge in [-0.05, 0) is 48.6 Å². The highest BCUT2D eigenvalue weighted by Gasteiger charge is 2.25. The number of rotatable bonds is 6. The molecule has 0 bridgehead atoms. The molecular formula is C25H24N6O2S. The Morgan fingerprint density at radius 1 is 1.09 bits per heavy atom. The molecule has 5 rings (SSSR count). The molecule has 3 N–H and O–H groups in total. The number of para-hydroxylation sites is 1. The van der Waals surface area contributed by atoms with Crippen molar-refractivity contribution >= 4 is 34.7 Å². The molecule has 3 aromatic heterocycles. The molecule has 8 nitrogen and oxygen atoms in total. The molecule has 4 aromatic rings. The molecule has 172 valence electrons. The van der Waals surface area contributed by atoms with Gasteiger partial charge in [-0.3, -0.25) is 9.59 Å². The maximum Gasteiger partial charge on any atom is 0.259 e. The van der Waals surface area contributed by atoms with E-state index in [2.05, 4.69) is 20.3 Å². The molecule has 1 aromatic carbocycles. The molecule has 1 atom stereocenters. The summed E-state index contributed by atoms with van der Waals surface area (Å²) in [5.74, 6) is 0.0740. The Labute approximate surface area is 201 Å². The van der Waals surface area contributed by atoms with E-state index in [4.69, 9.17) is 5.73 Å². The van der Waals surface area contributed by atoms with Gasteiger partial charge in [0.1, 0.15) is 11.5 Å². The van der Waals surface area contributed by atoms with Crippen molar-refractivity contribution < 1.29 is 9.59 Å². The molecule has 0 spiro atoms. The molecular weight excluding hydrogens is 448 g/mol. The van der Waals surface area contributed by atoms with Crippen LogP contribution in [0.15, 0.2) is 72.4 Å². The zero-order chi connectivity index (χ0) is 23.5. The highest BCUT2D eigenvalue weighted by atomic mass is 32.1. The van der Waals surface area contributed by atoms with Gasteiger partial charge in [0.25, 0.3) is 5.91 Å². The summed E-state index contributed by atoms with van der Waals surface area (Å²) in [6.07, 6.45) is 5.08. The van der Waals surface area contributed by atoms with E-state index in [1.165, 1.54) is 11.3 Å². The Balaban J connectivity index is 1.36. The number of thiophene rings is 1. The molecule has 1 aliphatic heterocycles. The summed E-state index contributed by atoms with van der Waals surface area (Å²) in [6, 6.07) is 17.3. The van der Waals surface area contributed by atoms with Gasteiger partial charge in [0.05, 0.1) is 33.9 Å². The van der Waals surface area contributed by atoms with Crippen molar-refractivity contribution in [1.82, 2.24) is 14.8 Å². The fraction of sp³-hybridized carbons (Fsp3) is 0.200. The first-order chi connectivity index (χ1) is 16.6. The zero-order valence-electron chi connectivity index (χ0n) is 18.4. The summed E-state index contributed by atoms with van der Waals surface area (Å²) < 4.78 is 1.72. The summed E-state index contributed by atoms with van der Waals surface area (Å²) in [4.78, 5) is 32.3. The number of nitrogens with one attached hydrogen (secondary N) is 1. The van der Waals surface area contributed by atoms with Crippen LogP contribution in [-0.2, 0) is 4.79 Å². The lowest BCUT2D eigenvalue weighted by Crippen LogP contribution is -2.41. The maximum atomic E-state index is 13.2. The highest BCUT2D eigenvalue weighted by Crippen LogP contribution is 2.29. The quantitative estimate of drug-likeness (QED) is 0.442. The number of carbonyl (C=O) groups is 2. The summed E-state index contributed by atoms with van der Waals surface area (Å²) in [7, 11) is 0. The number of hydrogen-bond donors (Lipinski definition) is 2. The second-order valence-electron chi connectivity index (χ2n) is 8.20. The van der Waals surface area contributed by atoms with Gasteiger partial charge < -0.3 is 16.0 Å². The molecule has 0 radical (unpaired) electrons. The molecule has 1 fully saturated rings. The number of pyridine rings is 1. The minimum atomic E-state index is -0.272. The second kappa shape index (κ2) is 9.48. The third kappa shape index (κ3) is 4.55. The van der Waals surface area contributed by atoms with Crippen LogP contribution >= 0.6 is 11.3 Å². The first-order valence-corrected chi connectivity index (χ1v) is 12.0. The van der Waals surface area contributed by atoms with E-state index in [0.29, 0.717) is 23.5 Å². The SMILES string of the molecule is NC(=O)C1CCCN(c2ccc(NC(=O)c3cn(-c4ccccc4)nc3-c3cccs3)cn2)C1. The van der Waals surface area contributed by atoms with E-state index < -0.39 is 0 Å². The molecule has 1 unspecified atom stereocenters. The number of carbonyl (C=O) groups excluding carboxylic acids is 2. The van der Waals surface area contributed by atoms with Gasteiger partial charge in [-0.15, -0.1) is 11.3 Å². The Hall–Kier alpha value is -3.98. The Morgan fingerprint density at radius 2 is 1.94 bits per heavy atom. The zero-order valence-corrected chi connectivity index (χ0v) is 19.2. The fourth-order valence-corrected chi connectivity index (χ4v) is 4.83. The normalized spacial score (nSPS) is 15.8. The Kier molecular flexibility index (Phi) is 6.09. The number of amides is 2. The number of aromatic nitrogens is 3. The summed E-state index contributed by atoms with van der Waals surface area (Å²) in [5.41, 5.74) is 8.06. The van der Waals surface area contributed by atoms with Crippen LogP contribution < -0.4 is 16.0 Å². The average molecular weight is 473 g/mol. The largest absolute Gasteiger partial charge is 0.369 e. The molecule has 4 heterocycles. The third-order valence-corrected chi connectivity index (χ3v) is 6.76. The van der Waals surface area contributed by atoms with Crippen LogP contribution in [0.4, 0.5) is 11.5 Å². The maximum absolute atomic E-state index is 13.2. The van der Waals surface area contributed by atoms with Crippen molar-refractivity contribution in [2.45, 2.75) is 12.8 Å². The summed E-state index contributed by atoms with van der Waals surface area (Å²) in [6.45, 7) is 1.39. The van der Waals surface area contributed by atoms with Crippen LogP contribution in [0.3, 0.4) is 0 Å². The molecule has 0 aliphatic carbocycles. The molecule has 0 saturated carbocycles. The van der Waals surface area contributed by atoms with Crippen molar-refractivity contribution in [3.8, 4) is 16.3 Å².